The van der Waals surface area contributed by atoms with E-state index < -0.39 is 5.60 Å². The van der Waals surface area contributed by atoms with Crippen LogP contribution in [0.4, 0.5) is 0 Å². The zero-order valence-electron chi connectivity index (χ0n) is 12.8. The van der Waals surface area contributed by atoms with Gasteiger partial charge in [-0.2, -0.15) is 5.26 Å². The summed E-state index contributed by atoms with van der Waals surface area (Å²) in [7, 11) is 0. The lowest BCUT2D eigenvalue weighted by molar-refractivity contribution is -0.00464. The van der Waals surface area contributed by atoms with E-state index in [1.54, 1.807) is 0 Å². The summed E-state index contributed by atoms with van der Waals surface area (Å²) in [6, 6.07) is 11.4. The third kappa shape index (κ3) is 1.82. The Balaban J connectivity index is 2.16. The molecule has 0 N–H and O–H groups in total. The molecule has 23 heavy (non-hydrogen) atoms. The second-order valence-electron chi connectivity index (χ2n) is 6.04. The summed E-state index contributed by atoms with van der Waals surface area (Å²) < 4.78 is 13.1. The van der Waals surface area contributed by atoms with Crippen LogP contribution < -0.4 is 4.74 Å². The summed E-state index contributed by atoms with van der Waals surface area (Å²) in [6.07, 6.45) is 1.91. The zero-order valence-corrected chi connectivity index (χ0v) is 12.8. The first-order valence-corrected chi connectivity index (χ1v) is 7.33. The standard InChI is InChI=1S/C18H14N2O3/c1-18(2)12-9-11(22-8-6-19)10-14-15(12)16(17(21)23-18)13-5-3-4-7-20(13)14/h3-5,7,9-10H,8H2,1-2H3. The molecular weight excluding hydrogens is 292 g/mol. The largest absolute Gasteiger partial charge is 0.479 e. The van der Waals surface area contributed by atoms with Crippen molar-refractivity contribution in [3.8, 4) is 11.8 Å². The van der Waals surface area contributed by atoms with Gasteiger partial charge in [0.1, 0.15) is 17.4 Å². The van der Waals surface area contributed by atoms with Gasteiger partial charge >= 0.3 is 5.97 Å². The van der Waals surface area contributed by atoms with Gasteiger partial charge < -0.3 is 13.9 Å². The van der Waals surface area contributed by atoms with Crippen LogP contribution in [0.15, 0.2) is 36.5 Å². The molecule has 1 aliphatic heterocycles. The highest BCUT2D eigenvalue weighted by Gasteiger charge is 2.38. The molecule has 2 aromatic heterocycles. The van der Waals surface area contributed by atoms with E-state index in [9.17, 15) is 4.79 Å². The maximum atomic E-state index is 12.5. The Morgan fingerprint density at radius 3 is 2.91 bits per heavy atom. The number of ether oxygens (including phenoxy) is 2. The Kier molecular flexibility index (Phi) is 2.67. The van der Waals surface area contributed by atoms with Crippen LogP contribution in [0.5, 0.6) is 5.75 Å². The van der Waals surface area contributed by atoms with Gasteiger partial charge in [0.05, 0.1) is 16.6 Å². The number of esters is 1. The van der Waals surface area contributed by atoms with Crippen molar-refractivity contribution in [2.45, 2.75) is 19.4 Å². The summed E-state index contributed by atoms with van der Waals surface area (Å²) >= 11 is 0. The number of pyridine rings is 1. The normalized spacial score (nSPS) is 15.4. The van der Waals surface area contributed by atoms with E-state index in [2.05, 4.69) is 0 Å². The molecule has 3 heterocycles. The van der Waals surface area contributed by atoms with Crippen LogP contribution in [0.1, 0.15) is 29.8 Å². The van der Waals surface area contributed by atoms with Crippen molar-refractivity contribution in [2.75, 3.05) is 6.61 Å². The van der Waals surface area contributed by atoms with Gasteiger partial charge in [-0.1, -0.05) is 6.07 Å². The fraction of sp³-hybridized carbons (Fsp3) is 0.222. The quantitative estimate of drug-likeness (QED) is 0.681. The fourth-order valence-electron chi connectivity index (χ4n) is 3.26. The van der Waals surface area contributed by atoms with Gasteiger partial charge in [0.15, 0.2) is 6.61 Å². The average molecular weight is 306 g/mol. The fourth-order valence-corrected chi connectivity index (χ4v) is 3.26. The van der Waals surface area contributed by atoms with Crippen molar-refractivity contribution < 1.29 is 14.3 Å². The molecule has 5 nitrogen and oxygen atoms in total. The van der Waals surface area contributed by atoms with Gasteiger partial charge in [0.25, 0.3) is 0 Å². The lowest BCUT2D eigenvalue weighted by Gasteiger charge is -2.30. The number of hydrogen-bond donors (Lipinski definition) is 0. The highest BCUT2D eigenvalue weighted by atomic mass is 16.6. The molecule has 0 fully saturated rings. The van der Waals surface area contributed by atoms with Crippen LogP contribution >= 0.6 is 0 Å². The van der Waals surface area contributed by atoms with Crippen LogP contribution in [0.2, 0.25) is 0 Å². The number of hydrogen-bond acceptors (Lipinski definition) is 4. The van der Waals surface area contributed by atoms with Crippen LogP contribution in [0.3, 0.4) is 0 Å². The second kappa shape index (κ2) is 4.50. The summed E-state index contributed by atoms with van der Waals surface area (Å²) in [6.45, 7) is 3.69. The average Bonchev–Trinajstić information content (AvgIpc) is 2.85. The van der Waals surface area contributed by atoms with Gasteiger partial charge in [0.2, 0.25) is 0 Å². The third-order valence-electron chi connectivity index (χ3n) is 4.22. The lowest BCUT2D eigenvalue weighted by atomic mass is 9.89. The first kappa shape index (κ1) is 13.6. The Labute approximate surface area is 132 Å². The maximum absolute atomic E-state index is 12.5. The van der Waals surface area contributed by atoms with Crippen molar-refractivity contribution in [3.63, 3.8) is 0 Å². The molecule has 1 aromatic carbocycles. The van der Waals surface area contributed by atoms with Crippen LogP contribution in [0.25, 0.3) is 16.4 Å². The molecule has 0 amide bonds. The van der Waals surface area contributed by atoms with Crippen molar-refractivity contribution >= 4 is 22.4 Å². The van der Waals surface area contributed by atoms with E-state index in [-0.39, 0.29) is 12.6 Å². The van der Waals surface area contributed by atoms with Crippen LogP contribution in [-0.4, -0.2) is 17.0 Å². The Morgan fingerprint density at radius 2 is 2.13 bits per heavy atom. The number of cyclic esters (lactones) is 1. The van der Waals surface area contributed by atoms with Gasteiger partial charge in [0, 0.05) is 23.2 Å². The SMILES string of the molecule is CC1(C)OC(=O)c2c3c1cc(OCC#N)cc3n1ccccc21. The molecule has 5 heteroatoms. The number of benzene rings is 1. The molecule has 0 bridgehead atoms. The summed E-state index contributed by atoms with van der Waals surface area (Å²) in [5, 5.41) is 9.63. The molecule has 0 saturated heterocycles. The van der Waals surface area contributed by atoms with E-state index in [1.165, 1.54) is 0 Å². The topological polar surface area (TPSA) is 63.7 Å². The number of rotatable bonds is 2. The van der Waals surface area contributed by atoms with Crippen molar-refractivity contribution in [2.24, 2.45) is 0 Å². The smallest absolute Gasteiger partial charge is 0.341 e. The predicted molar refractivity (Wildman–Crippen MR) is 84.5 cm³/mol. The minimum absolute atomic E-state index is 0.0265. The van der Waals surface area contributed by atoms with E-state index in [0.717, 1.165) is 22.0 Å². The van der Waals surface area contributed by atoms with Crippen LogP contribution in [-0.2, 0) is 10.3 Å². The predicted octanol–water partition coefficient (Wildman–Crippen LogP) is 3.40. The number of aromatic nitrogens is 1. The van der Waals surface area contributed by atoms with E-state index >= 15 is 0 Å². The number of nitriles is 1. The maximum Gasteiger partial charge on any atom is 0.341 e. The molecule has 1 aliphatic rings. The second-order valence-corrected chi connectivity index (χ2v) is 6.04. The number of fused-ring (bicyclic) bond motifs is 3. The molecule has 4 rings (SSSR count). The molecule has 0 atom stereocenters. The highest BCUT2D eigenvalue weighted by molar-refractivity contribution is 6.14. The molecule has 0 saturated carbocycles. The Hall–Kier alpha value is -3.00. The van der Waals surface area contributed by atoms with E-state index in [1.807, 2.05) is 60.8 Å². The molecular formula is C18H14N2O3. The number of carbonyl (C=O) groups excluding carboxylic acids is 1. The minimum Gasteiger partial charge on any atom is -0.479 e. The van der Waals surface area contributed by atoms with Gasteiger partial charge in [-0.05, 0) is 32.0 Å². The van der Waals surface area contributed by atoms with Gasteiger partial charge in [-0.15, -0.1) is 0 Å². The van der Waals surface area contributed by atoms with Crippen molar-refractivity contribution in [1.29, 1.82) is 5.26 Å². The first-order valence-electron chi connectivity index (χ1n) is 7.33. The molecule has 0 spiro atoms. The molecule has 3 aromatic rings. The lowest BCUT2D eigenvalue weighted by Crippen LogP contribution is -2.29. The number of nitrogens with zero attached hydrogens (tertiary/aromatic N) is 2. The summed E-state index contributed by atoms with van der Waals surface area (Å²) in [5.41, 5.74) is 2.41. The van der Waals surface area contributed by atoms with Crippen molar-refractivity contribution in [1.82, 2.24) is 4.40 Å². The number of carbonyl (C=O) groups is 1. The van der Waals surface area contributed by atoms with Crippen LogP contribution in [0, 0.1) is 11.3 Å². The third-order valence-corrected chi connectivity index (χ3v) is 4.22. The molecule has 0 unspecified atom stereocenters. The monoisotopic (exact) mass is 306 g/mol. The Morgan fingerprint density at radius 1 is 1.30 bits per heavy atom. The first-order chi connectivity index (χ1) is 11.0. The van der Waals surface area contributed by atoms with Gasteiger partial charge in [-0.3, -0.25) is 0 Å². The molecule has 0 radical (unpaired) electrons. The van der Waals surface area contributed by atoms with E-state index in [0.29, 0.717) is 11.3 Å². The zero-order chi connectivity index (χ0) is 16.2. The van der Waals surface area contributed by atoms with Crippen molar-refractivity contribution in [3.05, 3.63) is 47.7 Å². The Bertz CT molecular complexity index is 1010. The molecule has 114 valence electrons. The van der Waals surface area contributed by atoms with Gasteiger partial charge in [-0.25, -0.2) is 4.79 Å². The molecule has 0 aliphatic carbocycles. The van der Waals surface area contributed by atoms with E-state index in [4.69, 9.17) is 14.7 Å². The summed E-state index contributed by atoms with van der Waals surface area (Å²) in [4.78, 5) is 12.5. The minimum atomic E-state index is -0.751. The summed E-state index contributed by atoms with van der Waals surface area (Å²) in [5.74, 6) is 0.279. The highest BCUT2D eigenvalue weighted by Crippen LogP contribution is 2.43.